The second-order valence-electron chi connectivity index (χ2n) is 3.70. The van der Waals surface area contributed by atoms with Crippen molar-refractivity contribution < 1.29 is 0 Å². The molecule has 0 spiro atoms. The molecular formula is C11H22N6. The van der Waals surface area contributed by atoms with E-state index in [-0.39, 0.29) is 5.95 Å². The molecule has 1 rings (SSSR count). The number of rotatable bonds is 7. The molecule has 0 amide bonds. The first kappa shape index (κ1) is 13.5. The van der Waals surface area contributed by atoms with Crippen LogP contribution in [0.25, 0.3) is 0 Å². The first-order chi connectivity index (χ1) is 8.19. The maximum Gasteiger partial charge on any atom is 0.223 e. The van der Waals surface area contributed by atoms with E-state index in [2.05, 4.69) is 39.3 Å². The van der Waals surface area contributed by atoms with E-state index in [1.165, 1.54) is 0 Å². The Kier molecular flexibility index (Phi) is 5.48. The summed E-state index contributed by atoms with van der Waals surface area (Å²) in [5.74, 6) is 1.76. The van der Waals surface area contributed by atoms with E-state index >= 15 is 0 Å². The lowest BCUT2D eigenvalue weighted by atomic mass is 10.4. The van der Waals surface area contributed by atoms with Gasteiger partial charge in [-0.05, 0) is 13.1 Å². The average molecular weight is 238 g/mol. The third-order valence-corrected chi connectivity index (χ3v) is 2.63. The molecule has 0 aliphatic carbocycles. The van der Waals surface area contributed by atoms with Crippen molar-refractivity contribution in [3.8, 4) is 0 Å². The Balaban J connectivity index is 2.48. The van der Waals surface area contributed by atoms with Gasteiger partial charge in [0.05, 0.1) is 0 Å². The van der Waals surface area contributed by atoms with Gasteiger partial charge in [-0.2, -0.15) is 9.97 Å². The third-order valence-electron chi connectivity index (χ3n) is 2.63. The van der Waals surface area contributed by atoms with Crippen LogP contribution in [-0.4, -0.2) is 48.1 Å². The van der Waals surface area contributed by atoms with Gasteiger partial charge in [0, 0.05) is 26.2 Å². The molecule has 0 bridgehead atoms. The molecular weight excluding hydrogens is 216 g/mol. The van der Waals surface area contributed by atoms with E-state index in [1.54, 1.807) is 7.05 Å². The fraction of sp³-hybridized carbons (Fsp3) is 0.636. The van der Waals surface area contributed by atoms with Crippen LogP contribution >= 0.6 is 0 Å². The molecule has 1 aromatic heterocycles. The van der Waals surface area contributed by atoms with Crippen LogP contribution in [-0.2, 0) is 0 Å². The van der Waals surface area contributed by atoms with E-state index in [4.69, 9.17) is 5.73 Å². The van der Waals surface area contributed by atoms with Gasteiger partial charge in [-0.15, -0.1) is 0 Å². The predicted molar refractivity (Wildman–Crippen MR) is 72.3 cm³/mol. The van der Waals surface area contributed by atoms with Gasteiger partial charge in [-0.1, -0.05) is 13.8 Å². The van der Waals surface area contributed by atoms with Gasteiger partial charge in [-0.25, -0.2) is 0 Å². The van der Waals surface area contributed by atoms with Crippen molar-refractivity contribution in [2.75, 3.05) is 49.6 Å². The molecule has 0 aliphatic heterocycles. The standard InChI is InChI=1S/C11H22N6/c1-4-17(5-2)7-6-14-10-8-9(13-3)15-11(12)16-10/h8H,4-7H2,1-3H3,(H4,12,13,14,15,16). The van der Waals surface area contributed by atoms with Crippen LogP contribution in [0.15, 0.2) is 6.07 Å². The van der Waals surface area contributed by atoms with Gasteiger partial charge in [0.1, 0.15) is 11.6 Å². The normalized spacial score (nSPS) is 10.6. The summed E-state index contributed by atoms with van der Waals surface area (Å²) < 4.78 is 0. The maximum atomic E-state index is 5.61. The van der Waals surface area contributed by atoms with Gasteiger partial charge in [0.25, 0.3) is 0 Å². The zero-order valence-corrected chi connectivity index (χ0v) is 10.8. The lowest BCUT2D eigenvalue weighted by molar-refractivity contribution is 0.316. The number of likely N-dealkylation sites (N-methyl/N-ethyl adjacent to an activating group) is 1. The predicted octanol–water partition coefficient (Wildman–Crippen LogP) is 0.854. The maximum absolute atomic E-state index is 5.61. The van der Waals surface area contributed by atoms with Crippen LogP contribution in [0.2, 0.25) is 0 Å². The highest BCUT2D eigenvalue weighted by molar-refractivity contribution is 5.50. The lowest BCUT2D eigenvalue weighted by Crippen LogP contribution is -2.28. The minimum Gasteiger partial charge on any atom is -0.373 e. The zero-order valence-electron chi connectivity index (χ0n) is 10.8. The van der Waals surface area contributed by atoms with Crippen molar-refractivity contribution in [2.45, 2.75) is 13.8 Å². The summed E-state index contributed by atoms with van der Waals surface area (Å²) in [6, 6.07) is 1.85. The number of hydrogen-bond donors (Lipinski definition) is 3. The Bertz CT molecular complexity index is 337. The van der Waals surface area contributed by atoms with Crippen LogP contribution < -0.4 is 16.4 Å². The molecule has 0 unspecified atom stereocenters. The first-order valence-electron chi connectivity index (χ1n) is 5.98. The van der Waals surface area contributed by atoms with Gasteiger partial charge in [0.15, 0.2) is 0 Å². The summed E-state index contributed by atoms with van der Waals surface area (Å²) >= 11 is 0. The highest BCUT2D eigenvalue weighted by atomic mass is 15.2. The number of aromatic nitrogens is 2. The van der Waals surface area contributed by atoms with E-state index < -0.39 is 0 Å². The molecule has 1 aromatic rings. The molecule has 0 aliphatic rings. The second-order valence-corrected chi connectivity index (χ2v) is 3.70. The van der Waals surface area contributed by atoms with Crippen LogP contribution in [0.3, 0.4) is 0 Å². The topological polar surface area (TPSA) is 79.1 Å². The van der Waals surface area contributed by atoms with E-state index in [0.29, 0.717) is 0 Å². The quantitative estimate of drug-likeness (QED) is 0.653. The molecule has 6 nitrogen and oxygen atoms in total. The zero-order chi connectivity index (χ0) is 12.7. The molecule has 4 N–H and O–H groups in total. The molecule has 96 valence electrons. The molecule has 0 atom stereocenters. The molecule has 0 fully saturated rings. The lowest BCUT2D eigenvalue weighted by Gasteiger charge is -2.18. The van der Waals surface area contributed by atoms with Gasteiger partial charge >= 0.3 is 0 Å². The van der Waals surface area contributed by atoms with Crippen LogP contribution in [0.4, 0.5) is 17.6 Å². The summed E-state index contributed by atoms with van der Waals surface area (Å²) in [6.07, 6.45) is 0. The largest absolute Gasteiger partial charge is 0.373 e. The van der Waals surface area contributed by atoms with Crippen molar-refractivity contribution in [1.82, 2.24) is 14.9 Å². The van der Waals surface area contributed by atoms with Crippen molar-refractivity contribution in [3.63, 3.8) is 0 Å². The minimum atomic E-state index is 0.280. The van der Waals surface area contributed by atoms with E-state index in [0.717, 1.165) is 37.8 Å². The smallest absolute Gasteiger partial charge is 0.223 e. The van der Waals surface area contributed by atoms with Crippen LogP contribution in [0, 0.1) is 0 Å². The number of nitrogens with one attached hydrogen (secondary N) is 2. The highest BCUT2D eigenvalue weighted by Gasteiger charge is 2.02. The molecule has 0 aromatic carbocycles. The fourth-order valence-electron chi connectivity index (χ4n) is 1.57. The molecule has 0 radical (unpaired) electrons. The number of hydrogen-bond acceptors (Lipinski definition) is 6. The number of nitrogens with zero attached hydrogens (tertiary/aromatic N) is 3. The minimum absolute atomic E-state index is 0.280. The second kappa shape index (κ2) is 6.90. The van der Waals surface area contributed by atoms with Crippen molar-refractivity contribution in [3.05, 3.63) is 6.07 Å². The summed E-state index contributed by atoms with van der Waals surface area (Å²) in [6.45, 7) is 8.28. The Morgan fingerprint density at radius 2 is 1.88 bits per heavy atom. The van der Waals surface area contributed by atoms with Crippen molar-refractivity contribution in [2.24, 2.45) is 0 Å². The fourth-order valence-corrected chi connectivity index (χ4v) is 1.57. The molecule has 1 heterocycles. The van der Waals surface area contributed by atoms with Gasteiger partial charge < -0.3 is 21.3 Å². The number of nitrogen functional groups attached to an aromatic ring is 1. The Labute approximate surface area is 103 Å². The molecule has 0 saturated heterocycles. The van der Waals surface area contributed by atoms with Crippen LogP contribution in [0.1, 0.15) is 13.8 Å². The monoisotopic (exact) mass is 238 g/mol. The van der Waals surface area contributed by atoms with E-state index in [9.17, 15) is 0 Å². The highest BCUT2D eigenvalue weighted by Crippen LogP contribution is 2.11. The van der Waals surface area contributed by atoms with Crippen LogP contribution in [0.5, 0.6) is 0 Å². The van der Waals surface area contributed by atoms with Gasteiger partial charge in [-0.3, -0.25) is 0 Å². The number of nitrogens with two attached hydrogens (primary N) is 1. The van der Waals surface area contributed by atoms with E-state index in [1.807, 2.05) is 6.07 Å². The van der Waals surface area contributed by atoms with Crippen molar-refractivity contribution >= 4 is 17.6 Å². The SMILES string of the molecule is CCN(CC)CCNc1cc(NC)nc(N)n1. The number of anilines is 3. The third kappa shape index (κ3) is 4.44. The summed E-state index contributed by atoms with van der Waals surface area (Å²) in [5, 5.41) is 6.19. The molecule has 17 heavy (non-hydrogen) atoms. The summed E-state index contributed by atoms with van der Waals surface area (Å²) in [4.78, 5) is 10.5. The van der Waals surface area contributed by atoms with Gasteiger partial charge in [0.2, 0.25) is 5.95 Å². The molecule has 6 heteroatoms. The Morgan fingerprint density at radius 1 is 1.24 bits per heavy atom. The first-order valence-corrected chi connectivity index (χ1v) is 5.98. The molecule has 0 saturated carbocycles. The Hall–Kier alpha value is -1.56. The Morgan fingerprint density at radius 3 is 2.47 bits per heavy atom. The summed E-state index contributed by atoms with van der Waals surface area (Å²) in [7, 11) is 1.81. The average Bonchev–Trinajstić information content (AvgIpc) is 2.34. The van der Waals surface area contributed by atoms with Crippen molar-refractivity contribution in [1.29, 1.82) is 0 Å². The summed E-state index contributed by atoms with van der Waals surface area (Å²) in [5.41, 5.74) is 5.61.